The number of nitrogens with two attached hydrogens (primary N) is 1. The Balaban J connectivity index is 2.76. The van der Waals surface area contributed by atoms with Crippen molar-refractivity contribution in [1.29, 1.82) is 5.41 Å². The van der Waals surface area contributed by atoms with Crippen molar-refractivity contribution in [1.82, 2.24) is 4.98 Å². The van der Waals surface area contributed by atoms with Gasteiger partial charge < -0.3 is 5.73 Å². The van der Waals surface area contributed by atoms with E-state index in [9.17, 15) is 0 Å². The maximum Gasteiger partial charge on any atom is 0.141 e. The smallest absolute Gasteiger partial charge is 0.141 e. The minimum Gasteiger partial charge on any atom is -0.382 e. The van der Waals surface area contributed by atoms with Crippen LogP contribution in [0.3, 0.4) is 0 Å². The molecule has 1 aromatic carbocycles. The number of aromatic nitrogens is 1. The number of nitrogens with one attached hydrogen (secondary N) is 1. The minimum absolute atomic E-state index is 0.0759. The van der Waals surface area contributed by atoms with E-state index >= 15 is 0 Å². The minimum atomic E-state index is -0.0759. The van der Waals surface area contributed by atoms with Crippen LogP contribution in [0.15, 0.2) is 24.3 Å². The second-order valence-corrected chi connectivity index (χ2v) is 3.91. The van der Waals surface area contributed by atoms with Gasteiger partial charge in [0.05, 0.1) is 10.5 Å². The van der Waals surface area contributed by atoms with E-state index < -0.39 is 0 Å². The molecule has 0 aliphatic carbocycles. The lowest BCUT2D eigenvalue weighted by molar-refractivity contribution is 1.31. The zero-order valence-corrected chi connectivity index (χ0v) is 9.10. The monoisotopic (exact) mass is 239 g/mol. The van der Waals surface area contributed by atoms with Crippen LogP contribution in [0, 0.1) is 5.41 Å². The molecule has 0 aliphatic heterocycles. The number of pyridine rings is 1. The lowest BCUT2D eigenvalue weighted by Gasteiger charge is -2.03. The Bertz CT molecular complexity index is 552. The van der Waals surface area contributed by atoms with Gasteiger partial charge in [-0.1, -0.05) is 23.2 Å². The molecule has 3 N–H and O–H groups in total. The summed E-state index contributed by atoms with van der Waals surface area (Å²) in [5.74, 6) is -0.0759. The topological polar surface area (TPSA) is 62.8 Å². The fraction of sp³-hybridized carbons (Fsp3) is 0. The summed E-state index contributed by atoms with van der Waals surface area (Å²) in [5.41, 5.74) is 6.39. The summed E-state index contributed by atoms with van der Waals surface area (Å²) >= 11 is 11.8. The lowest BCUT2D eigenvalue weighted by Crippen LogP contribution is -2.12. The molecule has 0 saturated heterocycles. The van der Waals surface area contributed by atoms with Gasteiger partial charge in [-0.15, -0.1) is 0 Å². The van der Waals surface area contributed by atoms with E-state index in [4.69, 9.17) is 34.3 Å². The quantitative estimate of drug-likeness (QED) is 0.594. The Morgan fingerprint density at radius 2 is 2.00 bits per heavy atom. The Morgan fingerprint density at radius 1 is 1.27 bits per heavy atom. The van der Waals surface area contributed by atoms with Crippen molar-refractivity contribution in [3.8, 4) is 0 Å². The molecular weight excluding hydrogens is 233 g/mol. The number of hydrogen-bond acceptors (Lipinski definition) is 2. The Kier molecular flexibility index (Phi) is 2.50. The molecule has 0 spiro atoms. The molecule has 0 unspecified atom stereocenters. The zero-order chi connectivity index (χ0) is 11.0. The molecule has 0 aliphatic rings. The van der Waals surface area contributed by atoms with Crippen molar-refractivity contribution in [2.24, 2.45) is 5.73 Å². The van der Waals surface area contributed by atoms with Crippen molar-refractivity contribution in [3.05, 3.63) is 40.0 Å². The molecule has 76 valence electrons. The molecule has 0 bridgehead atoms. The summed E-state index contributed by atoms with van der Waals surface area (Å²) in [6.45, 7) is 0. The average Bonchev–Trinajstić information content (AvgIpc) is 2.16. The third-order valence-electron chi connectivity index (χ3n) is 2.00. The second kappa shape index (κ2) is 3.68. The van der Waals surface area contributed by atoms with Crippen LogP contribution >= 0.6 is 23.2 Å². The van der Waals surface area contributed by atoms with E-state index in [0.29, 0.717) is 21.3 Å². The lowest BCUT2D eigenvalue weighted by atomic mass is 10.2. The van der Waals surface area contributed by atoms with Gasteiger partial charge in [0.15, 0.2) is 0 Å². The van der Waals surface area contributed by atoms with Crippen LogP contribution in [-0.2, 0) is 0 Å². The largest absolute Gasteiger partial charge is 0.382 e. The SMILES string of the molecule is N=C(N)c1ccc2c(Cl)cc(Cl)cc2n1. The van der Waals surface area contributed by atoms with Crippen LogP contribution in [0.1, 0.15) is 5.69 Å². The third kappa shape index (κ3) is 1.89. The number of amidine groups is 1. The van der Waals surface area contributed by atoms with E-state index in [-0.39, 0.29) is 5.84 Å². The molecule has 2 rings (SSSR count). The summed E-state index contributed by atoms with van der Waals surface area (Å²) in [4.78, 5) is 4.18. The average molecular weight is 240 g/mol. The van der Waals surface area contributed by atoms with Crippen LogP contribution in [0.25, 0.3) is 10.9 Å². The van der Waals surface area contributed by atoms with Crippen molar-refractivity contribution < 1.29 is 0 Å². The molecule has 5 heteroatoms. The Labute approximate surface area is 96.3 Å². The van der Waals surface area contributed by atoms with Gasteiger partial charge in [-0.05, 0) is 24.3 Å². The Hall–Kier alpha value is -1.32. The number of benzene rings is 1. The molecule has 0 amide bonds. The first-order valence-electron chi connectivity index (χ1n) is 4.18. The molecule has 0 radical (unpaired) electrons. The molecule has 1 aromatic heterocycles. The highest BCUT2D eigenvalue weighted by Crippen LogP contribution is 2.26. The van der Waals surface area contributed by atoms with Crippen LogP contribution < -0.4 is 5.73 Å². The maximum atomic E-state index is 7.27. The molecular formula is C10H7Cl2N3. The van der Waals surface area contributed by atoms with Gasteiger partial charge in [-0.3, -0.25) is 5.41 Å². The third-order valence-corrected chi connectivity index (χ3v) is 2.53. The van der Waals surface area contributed by atoms with Gasteiger partial charge in [0.2, 0.25) is 0 Å². The second-order valence-electron chi connectivity index (χ2n) is 3.06. The fourth-order valence-corrected chi connectivity index (χ4v) is 1.85. The van der Waals surface area contributed by atoms with E-state index in [1.165, 1.54) is 0 Å². The van der Waals surface area contributed by atoms with Gasteiger partial charge in [-0.25, -0.2) is 4.98 Å². The van der Waals surface area contributed by atoms with Gasteiger partial charge in [0.25, 0.3) is 0 Å². The van der Waals surface area contributed by atoms with Gasteiger partial charge in [0, 0.05) is 10.4 Å². The van der Waals surface area contributed by atoms with Gasteiger partial charge in [-0.2, -0.15) is 0 Å². The fourth-order valence-electron chi connectivity index (χ4n) is 1.31. The van der Waals surface area contributed by atoms with Crippen molar-refractivity contribution in [3.63, 3.8) is 0 Å². The molecule has 1 heterocycles. The molecule has 0 atom stereocenters. The van der Waals surface area contributed by atoms with E-state index in [1.54, 1.807) is 24.3 Å². The van der Waals surface area contributed by atoms with Crippen LogP contribution in [0.2, 0.25) is 10.0 Å². The van der Waals surface area contributed by atoms with Crippen LogP contribution in [-0.4, -0.2) is 10.8 Å². The number of rotatable bonds is 1. The molecule has 15 heavy (non-hydrogen) atoms. The Morgan fingerprint density at radius 3 is 2.67 bits per heavy atom. The maximum absolute atomic E-state index is 7.27. The van der Waals surface area contributed by atoms with Crippen LogP contribution in [0.5, 0.6) is 0 Å². The summed E-state index contributed by atoms with van der Waals surface area (Å²) in [6, 6.07) is 6.78. The normalized spacial score (nSPS) is 10.5. The highest BCUT2D eigenvalue weighted by Gasteiger charge is 2.05. The molecule has 2 aromatic rings. The summed E-state index contributed by atoms with van der Waals surface area (Å²) in [5, 5.41) is 9.12. The summed E-state index contributed by atoms with van der Waals surface area (Å²) in [6.07, 6.45) is 0. The number of nitrogen functional groups attached to an aromatic ring is 1. The number of halogens is 2. The van der Waals surface area contributed by atoms with Gasteiger partial charge in [0.1, 0.15) is 11.5 Å². The highest BCUT2D eigenvalue weighted by molar-refractivity contribution is 6.38. The van der Waals surface area contributed by atoms with Crippen LogP contribution in [0.4, 0.5) is 0 Å². The summed E-state index contributed by atoms with van der Waals surface area (Å²) in [7, 11) is 0. The van der Waals surface area contributed by atoms with E-state index in [1.807, 2.05) is 0 Å². The molecule has 0 saturated carbocycles. The highest BCUT2D eigenvalue weighted by atomic mass is 35.5. The molecule has 0 fully saturated rings. The predicted octanol–water partition coefficient (Wildman–Crippen LogP) is 2.83. The van der Waals surface area contributed by atoms with E-state index in [2.05, 4.69) is 4.98 Å². The predicted molar refractivity (Wildman–Crippen MR) is 62.8 cm³/mol. The number of fused-ring (bicyclic) bond motifs is 1. The standard InChI is InChI=1S/C10H7Cl2N3/c11-5-3-7(12)6-1-2-8(10(13)14)15-9(6)4-5/h1-4H,(H3,13,14). The van der Waals surface area contributed by atoms with Crippen molar-refractivity contribution >= 4 is 39.9 Å². The number of hydrogen-bond donors (Lipinski definition) is 2. The first kappa shape index (κ1) is 10.2. The number of nitrogens with zero attached hydrogens (tertiary/aromatic N) is 1. The van der Waals surface area contributed by atoms with Crippen molar-refractivity contribution in [2.75, 3.05) is 0 Å². The zero-order valence-electron chi connectivity index (χ0n) is 7.59. The van der Waals surface area contributed by atoms with Gasteiger partial charge >= 0.3 is 0 Å². The van der Waals surface area contributed by atoms with Crippen molar-refractivity contribution in [2.45, 2.75) is 0 Å². The first-order valence-corrected chi connectivity index (χ1v) is 4.94. The molecule has 3 nitrogen and oxygen atoms in total. The first-order chi connectivity index (χ1) is 7.08. The summed E-state index contributed by atoms with van der Waals surface area (Å²) < 4.78 is 0. The van der Waals surface area contributed by atoms with E-state index in [0.717, 1.165) is 5.39 Å².